The molecule has 0 fully saturated rings. The molecule has 0 bridgehead atoms. The van der Waals surface area contributed by atoms with Crippen molar-refractivity contribution in [3.63, 3.8) is 0 Å². The molecule has 0 aliphatic rings. The highest BCUT2D eigenvalue weighted by Crippen LogP contribution is 2.24. The standard InChI is InChI=1S/C31H39Cl2N5O2/c1-6-21(4)29(38(5)20(2)3)31(40)37-27(17-22-12-14-25(32)26(33)16-22)30(39)35-19-23-13-15-28(34-18-23)36-24-10-8-7-9-11-24/h7-16,18,20-21,27,29H,6,17,19H2,1-5H3,(H,34,36)(H,35,39)(H,37,40)/t21?,27-,29+/m0/s1. The maximum atomic E-state index is 13.6. The van der Waals surface area contributed by atoms with Crippen molar-refractivity contribution in [1.82, 2.24) is 20.5 Å². The molecule has 0 spiro atoms. The molecule has 3 rings (SSSR count). The molecule has 40 heavy (non-hydrogen) atoms. The van der Waals surface area contributed by atoms with Crippen LogP contribution in [0, 0.1) is 5.92 Å². The molecule has 9 heteroatoms. The lowest BCUT2D eigenvalue weighted by Crippen LogP contribution is -2.56. The number of pyridine rings is 1. The summed E-state index contributed by atoms with van der Waals surface area (Å²) >= 11 is 12.3. The molecule has 2 amide bonds. The third kappa shape index (κ3) is 8.95. The second-order valence-electron chi connectivity index (χ2n) is 10.4. The Kier molecular flexibility index (Phi) is 11.8. The highest BCUT2D eigenvalue weighted by molar-refractivity contribution is 6.42. The molecular formula is C31H39Cl2N5O2. The fourth-order valence-electron chi connectivity index (χ4n) is 4.34. The van der Waals surface area contributed by atoms with Crippen LogP contribution in [0.25, 0.3) is 0 Å². The van der Waals surface area contributed by atoms with Crippen LogP contribution in [-0.2, 0) is 22.6 Å². The van der Waals surface area contributed by atoms with Gasteiger partial charge >= 0.3 is 0 Å². The molecule has 0 saturated heterocycles. The van der Waals surface area contributed by atoms with E-state index in [0.29, 0.717) is 15.9 Å². The Morgan fingerprint density at radius 3 is 2.23 bits per heavy atom. The van der Waals surface area contributed by atoms with Gasteiger partial charge in [-0.05, 0) is 68.3 Å². The molecule has 0 saturated carbocycles. The van der Waals surface area contributed by atoms with Gasteiger partial charge in [0, 0.05) is 30.9 Å². The minimum Gasteiger partial charge on any atom is -0.350 e. The van der Waals surface area contributed by atoms with Crippen LogP contribution in [0.1, 0.15) is 45.2 Å². The summed E-state index contributed by atoms with van der Waals surface area (Å²) in [5, 5.41) is 10.1. The lowest BCUT2D eigenvalue weighted by atomic mass is 9.95. The Morgan fingerprint density at radius 2 is 1.62 bits per heavy atom. The first kappa shape index (κ1) is 31.4. The van der Waals surface area contributed by atoms with Gasteiger partial charge in [-0.1, -0.05) is 73.8 Å². The first-order valence-electron chi connectivity index (χ1n) is 13.6. The number of anilines is 2. The number of carbonyl (C=O) groups is 2. The summed E-state index contributed by atoms with van der Waals surface area (Å²) in [5.41, 5.74) is 2.57. The molecule has 3 N–H and O–H groups in total. The van der Waals surface area contributed by atoms with Gasteiger partial charge in [0.15, 0.2) is 0 Å². The average Bonchev–Trinajstić information content (AvgIpc) is 2.94. The molecule has 3 atom stereocenters. The maximum Gasteiger partial charge on any atom is 0.243 e. The van der Waals surface area contributed by atoms with Crippen LogP contribution in [0.4, 0.5) is 11.5 Å². The van der Waals surface area contributed by atoms with Crippen LogP contribution >= 0.6 is 23.2 Å². The maximum absolute atomic E-state index is 13.6. The Bertz CT molecular complexity index is 1250. The number of hydrogen-bond donors (Lipinski definition) is 3. The average molecular weight is 585 g/mol. The molecule has 2 aromatic carbocycles. The summed E-state index contributed by atoms with van der Waals surface area (Å²) in [6, 6.07) is 17.8. The minimum absolute atomic E-state index is 0.107. The molecule has 7 nitrogen and oxygen atoms in total. The zero-order valence-corrected chi connectivity index (χ0v) is 25.3. The van der Waals surface area contributed by atoms with Crippen LogP contribution in [0.3, 0.4) is 0 Å². The predicted octanol–water partition coefficient (Wildman–Crippen LogP) is 6.23. The summed E-state index contributed by atoms with van der Waals surface area (Å²) in [4.78, 5) is 33.5. The highest BCUT2D eigenvalue weighted by Gasteiger charge is 2.32. The summed E-state index contributed by atoms with van der Waals surface area (Å²) in [6.45, 7) is 8.49. The van der Waals surface area contributed by atoms with Gasteiger partial charge in [-0.25, -0.2) is 4.98 Å². The summed E-state index contributed by atoms with van der Waals surface area (Å²) in [5.74, 6) is 0.344. The van der Waals surface area contributed by atoms with E-state index < -0.39 is 6.04 Å². The third-order valence-corrected chi connectivity index (χ3v) is 7.84. The van der Waals surface area contributed by atoms with Gasteiger partial charge < -0.3 is 16.0 Å². The zero-order valence-electron chi connectivity index (χ0n) is 23.7. The van der Waals surface area contributed by atoms with E-state index in [1.54, 1.807) is 18.3 Å². The van der Waals surface area contributed by atoms with E-state index >= 15 is 0 Å². The monoisotopic (exact) mass is 583 g/mol. The molecule has 1 heterocycles. The lowest BCUT2D eigenvalue weighted by Gasteiger charge is -2.35. The van der Waals surface area contributed by atoms with Crippen molar-refractivity contribution in [1.29, 1.82) is 0 Å². The normalized spacial score (nSPS) is 13.5. The van der Waals surface area contributed by atoms with Crippen LogP contribution in [0.2, 0.25) is 10.0 Å². The van der Waals surface area contributed by atoms with E-state index in [9.17, 15) is 9.59 Å². The topological polar surface area (TPSA) is 86.4 Å². The Hall–Kier alpha value is -3.13. The van der Waals surface area contributed by atoms with Crippen molar-refractivity contribution in [3.8, 4) is 0 Å². The van der Waals surface area contributed by atoms with E-state index in [0.717, 1.165) is 23.2 Å². The van der Waals surface area contributed by atoms with Crippen LogP contribution in [0.5, 0.6) is 0 Å². The van der Waals surface area contributed by atoms with E-state index in [1.807, 2.05) is 60.5 Å². The Balaban J connectivity index is 1.73. The number of aromatic nitrogens is 1. The lowest BCUT2D eigenvalue weighted by molar-refractivity contribution is -0.133. The second kappa shape index (κ2) is 15.0. The van der Waals surface area contributed by atoms with Crippen molar-refractivity contribution in [2.75, 3.05) is 12.4 Å². The number of hydrogen-bond acceptors (Lipinski definition) is 5. The quantitative estimate of drug-likeness (QED) is 0.222. The Morgan fingerprint density at radius 1 is 0.925 bits per heavy atom. The summed E-state index contributed by atoms with van der Waals surface area (Å²) in [7, 11) is 1.94. The van der Waals surface area contributed by atoms with Crippen molar-refractivity contribution in [3.05, 3.63) is 88.0 Å². The fourth-order valence-corrected chi connectivity index (χ4v) is 4.66. The molecule has 214 valence electrons. The minimum atomic E-state index is -0.802. The number of carbonyl (C=O) groups excluding carboxylic acids is 2. The molecule has 1 unspecified atom stereocenters. The number of rotatable bonds is 13. The van der Waals surface area contributed by atoms with Crippen molar-refractivity contribution >= 4 is 46.5 Å². The van der Waals surface area contributed by atoms with Gasteiger partial charge in [0.2, 0.25) is 11.8 Å². The van der Waals surface area contributed by atoms with E-state index in [2.05, 4.69) is 48.6 Å². The number of likely N-dealkylation sites (N-methyl/N-ethyl adjacent to an activating group) is 1. The number of benzene rings is 2. The SMILES string of the molecule is CCC(C)[C@H](C(=O)N[C@@H](Cc1ccc(Cl)c(Cl)c1)C(=O)NCc1ccc(Nc2ccccc2)nc1)N(C)C(C)C. The van der Waals surface area contributed by atoms with Crippen molar-refractivity contribution in [2.24, 2.45) is 5.92 Å². The van der Waals surface area contributed by atoms with E-state index in [-0.39, 0.29) is 42.8 Å². The Labute approximate surface area is 247 Å². The smallest absolute Gasteiger partial charge is 0.243 e. The van der Waals surface area contributed by atoms with E-state index in [1.165, 1.54) is 0 Å². The summed E-state index contributed by atoms with van der Waals surface area (Å²) in [6.07, 6.45) is 2.82. The second-order valence-corrected chi connectivity index (χ2v) is 11.2. The van der Waals surface area contributed by atoms with E-state index in [4.69, 9.17) is 23.2 Å². The molecule has 0 radical (unpaired) electrons. The van der Waals surface area contributed by atoms with Crippen LogP contribution in [0.15, 0.2) is 66.9 Å². The predicted molar refractivity (Wildman–Crippen MR) is 164 cm³/mol. The largest absolute Gasteiger partial charge is 0.350 e. The third-order valence-electron chi connectivity index (χ3n) is 7.10. The number of nitrogens with zero attached hydrogens (tertiary/aromatic N) is 2. The van der Waals surface area contributed by atoms with Gasteiger partial charge in [0.25, 0.3) is 0 Å². The van der Waals surface area contributed by atoms with Gasteiger partial charge in [-0.15, -0.1) is 0 Å². The molecular weight excluding hydrogens is 545 g/mol. The number of amides is 2. The van der Waals surface area contributed by atoms with Crippen molar-refractivity contribution < 1.29 is 9.59 Å². The van der Waals surface area contributed by atoms with Gasteiger partial charge in [-0.3, -0.25) is 14.5 Å². The fraction of sp³-hybridized carbons (Fsp3) is 0.387. The van der Waals surface area contributed by atoms with Crippen LogP contribution < -0.4 is 16.0 Å². The first-order valence-corrected chi connectivity index (χ1v) is 14.4. The zero-order chi connectivity index (χ0) is 29.2. The number of halogens is 2. The first-order chi connectivity index (χ1) is 19.1. The number of para-hydroxylation sites is 1. The molecule has 1 aromatic heterocycles. The van der Waals surface area contributed by atoms with Gasteiger partial charge in [-0.2, -0.15) is 0 Å². The number of nitrogens with one attached hydrogen (secondary N) is 3. The highest BCUT2D eigenvalue weighted by atomic mass is 35.5. The molecule has 0 aliphatic carbocycles. The van der Waals surface area contributed by atoms with Crippen LogP contribution in [-0.4, -0.2) is 46.9 Å². The van der Waals surface area contributed by atoms with Gasteiger partial charge in [0.1, 0.15) is 11.9 Å². The molecule has 3 aromatic rings. The van der Waals surface area contributed by atoms with Crippen molar-refractivity contribution in [2.45, 2.75) is 65.2 Å². The summed E-state index contributed by atoms with van der Waals surface area (Å²) < 4.78 is 0. The molecule has 0 aliphatic heterocycles. The van der Waals surface area contributed by atoms with Gasteiger partial charge in [0.05, 0.1) is 16.1 Å².